The van der Waals surface area contributed by atoms with Crippen LogP contribution in [0, 0.1) is 0 Å². The zero-order valence-corrected chi connectivity index (χ0v) is 12.2. The van der Waals surface area contributed by atoms with Crippen LogP contribution in [0.3, 0.4) is 0 Å². The quantitative estimate of drug-likeness (QED) is 0.560. The second kappa shape index (κ2) is 10.6. The molecule has 0 fully saturated rings. The van der Waals surface area contributed by atoms with Crippen molar-refractivity contribution in [3.63, 3.8) is 0 Å². The van der Waals surface area contributed by atoms with Crippen LogP contribution < -0.4 is 10.6 Å². The maximum absolute atomic E-state index is 11.5. The van der Waals surface area contributed by atoms with Crippen LogP contribution in [0.1, 0.15) is 40.0 Å². The number of hydrogen-bond donors (Lipinski definition) is 3. The van der Waals surface area contributed by atoms with Gasteiger partial charge in [0.15, 0.2) is 0 Å². The first-order chi connectivity index (χ1) is 8.99. The molecule has 6 heteroatoms. The van der Waals surface area contributed by atoms with Gasteiger partial charge in [-0.25, -0.2) is 4.79 Å². The number of carbonyl (C=O) groups is 2. The highest BCUT2D eigenvalue weighted by molar-refractivity contribution is 5.74. The zero-order valence-electron chi connectivity index (χ0n) is 12.2. The molecule has 1 atom stereocenters. The minimum absolute atomic E-state index is 0.0710. The minimum atomic E-state index is -0.841. The van der Waals surface area contributed by atoms with Gasteiger partial charge in [-0.3, -0.25) is 4.79 Å². The van der Waals surface area contributed by atoms with Gasteiger partial charge in [0, 0.05) is 25.6 Å². The average molecular weight is 273 g/mol. The molecule has 1 unspecified atom stereocenters. The van der Waals surface area contributed by atoms with Gasteiger partial charge in [0.05, 0.1) is 0 Å². The van der Waals surface area contributed by atoms with Crippen LogP contribution in [-0.4, -0.2) is 54.2 Å². The number of rotatable bonds is 10. The van der Waals surface area contributed by atoms with E-state index in [9.17, 15) is 9.59 Å². The van der Waals surface area contributed by atoms with Gasteiger partial charge in [-0.2, -0.15) is 0 Å². The fraction of sp³-hybridized carbons (Fsp3) is 0.846. The maximum Gasteiger partial charge on any atom is 0.315 e. The number of carboxylic acid groups (broad SMARTS) is 1. The van der Waals surface area contributed by atoms with E-state index in [1.54, 1.807) is 6.92 Å². The van der Waals surface area contributed by atoms with E-state index < -0.39 is 5.97 Å². The molecule has 0 aliphatic heterocycles. The van der Waals surface area contributed by atoms with Gasteiger partial charge >= 0.3 is 12.0 Å². The van der Waals surface area contributed by atoms with E-state index in [0.29, 0.717) is 13.0 Å². The van der Waals surface area contributed by atoms with Gasteiger partial charge in [-0.05, 0) is 32.9 Å². The summed E-state index contributed by atoms with van der Waals surface area (Å²) in [5.41, 5.74) is 0. The highest BCUT2D eigenvalue weighted by Gasteiger charge is 2.09. The summed E-state index contributed by atoms with van der Waals surface area (Å²) in [6.45, 7) is 9.49. The molecular weight excluding hydrogens is 246 g/mol. The third-order valence-corrected chi connectivity index (χ3v) is 2.87. The van der Waals surface area contributed by atoms with Crippen molar-refractivity contribution in [2.75, 3.05) is 26.2 Å². The maximum atomic E-state index is 11.5. The van der Waals surface area contributed by atoms with Gasteiger partial charge in [0.1, 0.15) is 0 Å². The Morgan fingerprint density at radius 3 is 2.47 bits per heavy atom. The van der Waals surface area contributed by atoms with Crippen LogP contribution in [-0.2, 0) is 4.79 Å². The first-order valence-corrected chi connectivity index (χ1v) is 6.98. The second-order valence-corrected chi connectivity index (χ2v) is 4.67. The molecule has 3 N–H and O–H groups in total. The van der Waals surface area contributed by atoms with Gasteiger partial charge in [-0.15, -0.1) is 0 Å². The Bertz CT molecular complexity index is 272. The summed E-state index contributed by atoms with van der Waals surface area (Å²) in [5, 5.41) is 14.1. The van der Waals surface area contributed by atoms with Crippen LogP contribution in [0.4, 0.5) is 4.79 Å². The Kier molecular flexibility index (Phi) is 9.88. The fourth-order valence-corrected chi connectivity index (χ4v) is 1.76. The molecule has 0 radical (unpaired) electrons. The van der Waals surface area contributed by atoms with Crippen molar-refractivity contribution >= 4 is 12.0 Å². The number of nitrogens with one attached hydrogen (secondary N) is 2. The van der Waals surface area contributed by atoms with Crippen molar-refractivity contribution in [2.45, 2.75) is 46.1 Å². The van der Waals surface area contributed by atoms with Crippen molar-refractivity contribution < 1.29 is 14.7 Å². The molecular formula is C13H27N3O3. The van der Waals surface area contributed by atoms with Gasteiger partial charge in [-0.1, -0.05) is 13.8 Å². The smallest absolute Gasteiger partial charge is 0.315 e. The van der Waals surface area contributed by atoms with Crippen molar-refractivity contribution in [2.24, 2.45) is 0 Å². The van der Waals surface area contributed by atoms with Crippen LogP contribution in [0.5, 0.6) is 0 Å². The topological polar surface area (TPSA) is 81.7 Å². The third-order valence-electron chi connectivity index (χ3n) is 2.87. The predicted molar refractivity (Wildman–Crippen MR) is 75.3 cm³/mol. The largest absolute Gasteiger partial charge is 0.481 e. The average Bonchev–Trinajstić information content (AvgIpc) is 2.35. The van der Waals surface area contributed by atoms with Gasteiger partial charge in [0.25, 0.3) is 0 Å². The SMILES string of the molecule is CCCN(CC)CCNC(=O)NC(C)CCC(=O)O. The number of hydrogen-bond acceptors (Lipinski definition) is 3. The predicted octanol–water partition coefficient (Wildman–Crippen LogP) is 1.27. The highest BCUT2D eigenvalue weighted by Crippen LogP contribution is 1.95. The lowest BCUT2D eigenvalue weighted by Crippen LogP contribution is -2.43. The Balaban J connectivity index is 3.71. The van der Waals surface area contributed by atoms with Crippen molar-refractivity contribution in [3.05, 3.63) is 0 Å². The number of amides is 2. The van der Waals surface area contributed by atoms with Gasteiger partial charge < -0.3 is 20.6 Å². The number of aliphatic carboxylic acids is 1. The minimum Gasteiger partial charge on any atom is -0.481 e. The zero-order chi connectivity index (χ0) is 14.7. The van der Waals surface area contributed by atoms with Crippen molar-refractivity contribution in [1.82, 2.24) is 15.5 Å². The first kappa shape index (κ1) is 17.7. The molecule has 0 bridgehead atoms. The molecule has 2 amide bonds. The number of carboxylic acids is 1. The molecule has 0 aromatic heterocycles. The van der Waals surface area contributed by atoms with E-state index in [0.717, 1.165) is 26.1 Å². The van der Waals surface area contributed by atoms with E-state index in [2.05, 4.69) is 29.4 Å². The molecule has 0 aliphatic carbocycles. The van der Waals surface area contributed by atoms with E-state index in [1.807, 2.05) is 0 Å². The fourth-order valence-electron chi connectivity index (χ4n) is 1.76. The molecule has 112 valence electrons. The number of nitrogens with zero attached hydrogens (tertiary/aromatic N) is 1. The molecule has 0 rings (SSSR count). The normalized spacial score (nSPS) is 12.2. The van der Waals surface area contributed by atoms with Crippen LogP contribution in [0.25, 0.3) is 0 Å². The molecule has 0 heterocycles. The third kappa shape index (κ3) is 10.3. The van der Waals surface area contributed by atoms with Crippen LogP contribution in [0.15, 0.2) is 0 Å². The van der Waals surface area contributed by atoms with E-state index in [4.69, 9.17) is 5.11 Å². The molecule has 6 nitrogen and oxygen atoms in total. The summed E-state index contributed by atoms with van der Waals surface area (Å²) in [4.78, 5) is 24.2. The molecule has 0 saturated heterocycles. The Labute approximate surface area is 115 Å². The lowest BCUT2D eigenvalue weighted by atomic mass is 10.2. The molecule has 0 aromatic carbocycles. The Hall–Kier alpha value is -1.30. The molecule has 0 saturated carbocycles. The first-order valence-electron chi connectivity index (χ1n) is 6.98. The summed E-state index contributed by atoms with van der Waals surface area (Å²) >= 11 is 0. The molecule has 0 aromatic rings. The lowest BCUT2D eigenvalue weighted by molar-refractivity contribution is -0.137. The standard InChI is InChI=1S/C13H27N3O3/c1-4-9-16(5-2)10-8-14-13(19)15-11(3)6-7-12(17)18/h11H,4-10H2,1-3H3,(H,17,18)(H2,14,15,19). The lowest BCUT2D eigenvalue weighted by Gasteiger charge is -2.20. The van der Waals surface area contributed by atoms with Gasteiger partial charge in [0.2, 0.25) is 0 Å². The second-order valence-electron chi connectivity index (χ2n) is 4.67. The Morgan fingerprint density at radius 2 is 1.95 bits per heavy atom. The van der Waals surface area contributed by atoms with Crippen LogP contribution in [0.2, 0.25) is 0 Å². The van der Waals surface area contributed by atoms with Crippen molar-refractivity contribution in [3.8, 4) is 0 Å². The Morgan fingerprint density at radius 1 is 1.26 bits per heavy atom. The summed E-state index contributed by atoms with van der Waals surface area (Å²) in [5.74, 6) is -0.841. The summed E-state index contributed by atoms with van der Waals surface area (Å²) in [7, 11) is 0. The van der Waals surface area contributed by atoms with E-state index >= 15 is 0 Å². The molecule has 19 heavy (non-hydrogen) atoms. The number of carbonyl (C=O) groups excluding carboxylic acids is 1. The number of likely N-dealkylation sites (N-methyl/N-ethyl adjacent to an activating group) is 1. The number of urea groups is 1. The summed E-state index contributed by atoms with van der Waals surface area (Å²) < 4.78 is 0. The van der Waals surface area contributed by atoms with E-state index in [1.165, 1.54) is 0 Å². The van der Waals surface area contributed by atoms with E-state index in [-0.39, 0.29) is 18.5 Å². The summed E-state index contributed by atoms with van der Waals surface area (Å²) in [6, 6.07) is -0.362. The van der Waals surface area contributed by atoms with Crippen LogP contribution >= 0.6 is 0 Å². The van der Waals surface area contributed by atoms with Crippen molar-refractivity contribution in [1.29, 1.82) is 0 Å². The monoisotopic (exact) mass is 273 g/mol. The molecule has 0 aliphatic rings. The molecule has 0 spiro atoms. The summed E-state index contributed by atoms with van der Waals surface area (Å²) in [6.07, 6.45) is 1.62. The highest BCUT2D eigenvalue weighted by atomic mass is 16.4.